The van der Waals surface area contributed by atoms with Gasteiger partial charge >= 0.3 is 6.03 Å². The van der Waals surface area contributed by atoms with E-state index < -0.39 is 34.1 Å². The molecule has 5 N–H and O–H groups in total. The summed E-state index contributed by atoms with van der Waals surface area (Å²) in [5.41, 5.74) is 7.64. The zero-order valence-corrected chi connectivity index (χ0v) is 30.2. The second-order valence-corrected chi connectivity index (χ2v) is 16.0. The summed E-state index contributed by atoms with van der Waals surface area (Å²) in [4.78, 5) is 35.3. The van der Waals surface area contributed by atoms with Gasteiger partial charge in [-0.3, -0.25) is 4.79 Å². The summed E-state index contributed by atoms with van der Waals surface area (Å²) in [5, 5.41) is 29.5. The van der Waals surface area contributed by atoms with Gasteiger partial charge in [0, 0.05) is 37.1 Å². The van der Waals surface area contributed by atoms with Gasteiger partial charge in [-0.05, 0) is 55.0 Å². The molecule has 15 heteroatoms. The molecule has 0 saturated carbocycles. The van der Waals surface area contributed by atoms with Gasteiger partial charge in [0.15, 0.2) is 5.84 Å². The van der Waals surface area contributed by atoms with E-state index in [0.717, 1.165) is 16.3 Å². The first-order valence-corrected chi connectivity index (χ1v) is 18.6. The van der Waals surface area contributed by atoms with Gasteiger partial charge in [-0.1, -0.05) is 63.2 Å². The number of nitrogens with one attached hydrogen (secondary N) is 1. The summed E-state index contributed by atoms with van der Waals surface area (Å²) in [6.07, 6.45) is -1.08. The van der Waals surface area contributed by atoms with Crippen LogP contribution in [0.1, 0.15) is 49.5 Å². The number of amides is 3. The second-order valence-electron chi connectivity index (χ2n) is 13.0. The van der Waals surface area contributed by atoms with E-state index in [1.165, 1.54) is 39.9 Å². The largest absolute Gasteiger partial charge is 0.409 e. The standard InChI is InChI=1S/C34H47N7O6S2/c1-22(2)18-40(49(46,47)28-13-11-26(12-14-28)32(35)38-45)20-30(42)29(17-25-9-7-6-8-10-25)37-33(43)31(23(3)4)41-16-15-39(34(41)44)19-27-21-48-24(5)36-27/h6-14,21-23,29-31,42,45H,15-20H2,1-5H3,(H2,35,38)(H,37,43)/t29-,30+,31?/m0/s1. The first-order valence-electron chi connectivity index (χ1n) is 16.3. The molecule has 1 saturated heterocycles. The van der Waals surface area contributed by atoms with Crippen LogP contribution in [-0.2, 0) is 27.8 Å². The molecule has 1 fully saturated rings. The van der Waals surface area contributed by atoms with Crippen LogP contribution in [0.2, 0.25) is 0 Å². The average molecular weight is 714 g/mol. The number of urea groups is 1. The van der Waals surface area contributed by atoms with Crippen molar-refractivity contribution in [2.24, 2.45) is 22.7 Å². The van der Waals surface area contributed by atoms with Crippen molar-refractivity contribution in [2.45, 2.75) is 70.7 Å². The third kappa shape index (κ3) is 9.56. The van der Waals surface area contributed by atoms with Crippen LogP contribution in [0.3, 0.4) is 0 Å². The molecule has 1 aliphatic rings. The number of benzene rings is 2. The van der Waals surface area contributed by atoms with Gasteiger partial charge < -0.3 is 31.2 Å². The van der Waals surface area contributed by atoms with Crippen LogP contribution in [-0.4, -0.2) is 100.0 Å². The Bertz CT molecular complexity index is 1700. The minimum Gasteiger partial charge on any atom is -0.409 e. The molecule has 0 radical (unpaired) electrons. The third-order valence-corrected chi connectivity index (χ3v) is 11.0. The molecule has 13 nitrogen and oxygen atoms in total. The van der Waals surface area contributed by atoms with Gasteiger partial charge in [0.2, 0.25) is 15.9 Å². The molecule has 49 heavy (non-hydrogen) atoms. The van der Waals surface area contributed by atoms with Crippen molar-refractivity contribution in [3.63, 3.8) is 0 Å². The highest BCUT2D eigenvalue weighted by Crippen LogP contribution is 2.23. The quantitative estimate of drug-likeness (QED) is 0.0756. The predicted octanol–water partition coefficient (Wildman–Crippen LogP) is 3.24. The molecule has 2 aromatic carbocycles. The minimum atomic E-state index is -4.10. The zero-order chi connectivity index (χ0) is 35.9. The van der Waals surface area contributed by atoms with E-state index in [2.05, 4.69) is 15.5 Å². The lowest BCUT2D eigenvalue weighted by Crippen LogP contribution is -2.57. The molecule has 3 amide bonds. The van der Waals surface area contributed by atoms with Gasteiger partial charge in [-0.15, -0.1) is 11.3 Å². The monoisotopic (exact) mass is 713 g/mol. The topological polar surface area (TPSA) is 182 Å². The van der Waals surface area contributed by atoms with Gasteiger partial charge in [0.05, 0.1) is 34.3 Å². The van der Waals surface area contributed by atoms with Crippen LogP contribution in [0.15, 0.2) is 70.0 Å². The summed E-state index contributed by atoms with van der Waals surface area (Å²) >= 11 is 1.52. The molecule has 4 rings (SSSR count). The van der Waals surface area contributed by atoms with Gasteiger partial charge in [0.25, 0.3) is 0 Å². The Morgan fingerprint density at radius 3 is 2.33 bits per heavy atom. The van der Waals surface area contributed by atoms with Crippen molar-refractivity contribution in [3.05, 3.63) is 81.8 Å². The fourth-order valence-electron chi connectivity index (χ4n) is 5.92. The van der Waals surface area contributed by atoms with E-state index >= 15 is 0 Å². The number of carbonyl (C=O) groups is 2. The van der Waals surface area contributed by atoms with E-state index in [1.807, 2.05) is 70.3 Å². The fourth-order valence-corrected chi connectivity index (χ4v) is 8.15. The molecule has 0 spiro atoms. The number of nitrogens with two attached hydrogens (primary N) is 1. The summed E-state index contributed by atoms with van der Waals surface area (Å²) in [7, 11) is -4.10. The molecule has 0 bridgehead atoms. The Balaban J connectivity index is 1.57. The molecule has 2 heterocycles. The number of amidine groups is 1. The zero-order valence-electron chi connectivity index (χ0n) is 28.6. The first kappa shape index (κ1) is 37.8. The van der Waals surface area contributed by atoms with Crippen molar-refractivity contribution < 1.29 is 28.3 Å². The Morgan fingerprint density at radius 1 is 1.08 bits per heavy atom. The number of oxime groups is 1. The maximum absolute atomic E-state index is 14.1. The molecule has 1 aliphatic heterocycles. The van der Waals surface area contributed by atoms with Gasteiger partial charge in [-0.25, -0.2) is 18.2 Å². The summed E-state index contributed by atoms with van der Waals surface area (Å²) in [6, 6.07) is 13.0. The van der Waals surface area contributed by atoms with Crippen molar-refractivity contribution in [1.82, 2.24) is 24.4 Å². The Labute approximate surface area is 292 Å². The lowest BCUT2D eigenvalue weighted by Gasteiger charge is -2.34. The van der Waals surface area contributed by atoms with Crippen LogP contribution in [0, 0.1) is 18.8 Å². The third-order valence-electron chi connectivity index (χ3n) is 8.33. The van der Waals surface area contributed by atoms with E-state index in [0.29, 0.717) is 25.2 Å². The SMILES string of the molecule is Cc1nc(CN2CCN(C(C(=O)N[C@@H](Cc3ccccc3)[C@H](O)CN(CC(C)C)S(=O)(=O)c3ccc(C(N)=NO)cc3)C(C)C)C2=O)cs1. The molecular weight excluding hydrogens is 667 g/mol. The van der Waals surface area contributed by atoms with Crippen molar-refractivity contribution in [1.29, 1.82) is 0 Å². The van der Waals surface area contributed by atoms with Crippen LogP contribution in [0.25, 0.3) is 0 Å². The number of aromatic nitrogens is 1. The average Bonchev–Trinajstić information content (AvgIpc) is 3.64. The highest BCUT2D eigenvalue weighted by atomic mass is 32.2. The number of rotatable bonds is 16. The van der Waals surface area contributed by atoms with Gasteiger partial charge in [0.1, 0.15) is 6.04 Å². The molecule has 0 aliphatic carbocycles. The molecule has 266 valence electrons. The van der Waals surface area contributed by atoms with Crippen LogP contribution < -0.4 is 11.1 Å². The molecular formula is C34H47N7O6S2. The Hall–Kier alpha value is -4.05. The fraction of sp³-hybridized carbons (Fsp3) is 0.471. The van der Waals surface area contributed by atoms with Gasteiger partial charge in [-0.2, -0.15) is 4.31 Å². The maximum Gasteiger partial charge on any atom is 0.321 e. The Morgan fingerprint density at radius 2 is 1.76 bits per heavy atom. The summed E-state index contributed by atoms with van der Waals surface area (Å²) in [5.74, 6) is -0.906. The molecule has 1 aromatic heterocycles. The number of hydrogen-bond donors (Lipinski definition) is 4. The molecule has 1 unspecified atom stereocenters. The minimum absolute atomic E-state index is 0.0248. The van der Waals surface area contributed by atoms with Crippen LogP contribution in [0.5, 0.6) is 0 Å². The number of aliphatic hydroxyl groups excluding tert-OH is 1. The van der Waals surface area contributed by atoms with Crippen LogP contribution in [0.4, 0.5) is 4.79 Å². The number of aliphatic hydroxyl groups is 1. The summed E-state index contributed by atoms with van der Waals surface area (Å²) in [6.45, 7) is 10.4. The number of carbonyl (C=O) groups excluding carboxylic acids is 2. The second kappa shape index (κ2) is 16.6. The predicted molar refractivity (Wildman–Crippen MR) is 189 cm³/mol. The maximum atomic E-state index is 14.1. The smallest absolute Gasteiger partial charge is 0.321 e. The van der Waals surface area contributed by atoms with Crippen molar-refractivity contribution >= 4 is 39.1 Å². The lowest BCUT2D eigenvalue weighted by molar-refractivity contribution is -0.128. The first-order chi connectivity index (χ1) is 23.2. The number of nitrogens with zero attached hydrogens (tertiary/aromatic N) is 5. The van der Waals surface area contributed by atoms with E-state index in [1.54, 1.807) is 9.80 Å². The number of thiazole rings is 1. The van der Waals surface area contributed by atoms with Crippen molar-refractivity contribution in [2.75, 3.05) is 26.2 Å². The Kier molecular flexibility index (Phi) is 12.8. The van der Waals surface area contributed by atoms with E-state index in [9.17, 15) is 23.1 Å². The number of sulfonamides is 1. The molecule has 3 aromatic rings. The van der Waals surface area contributed by atoms with Crippen LogP contribution >= 0.6 is 11.3 Å². The van der Waals surface area contributed by atoms with E-state index in [-0.39, 0.29) is 48.1 Å². The van der Waals surface area contributed by atoms with E-state index in [4.69, 9.17) is 10.9 Å². The summed E-state index contributed by atoms with van der Waals surface area (Å²) < 4.78 is 29.0. The normalized spacial score (nSPS) is 16.1. The van der Waals surface area contributed by atoms with Crippen molar-refractivity contribution in [3.8, 4) is 0 Å². The number of hydrogen-bond acceptors (Lipinski definition) is 9. The lowest BCUT2D eigenvalue weighted by atomic mass is 9.97. The highest BCUT2D eigenvalue weighted by molar-refractivity contribution is 7.89. The molecule has 3 atom stereocenters. The number of aryl methyl sites for hydroxylation is 1. The highest BCUT2D eigenvalue weighted by Gasteiger charge is 2.40.